The van der Waals surface area contributed by atoms with Gasteiger partial charge in [0, 0.05) is 31.3 Å². The first kappa shape index (κ1) is 44.0. The fraction of sp³-hybridized carbons (Fsp3) is 0.118. The fourth-order valence-electron chi connectivity index (χ4n) is 9.94. The number of thiophene rings is 1. The highest BCUT2D eigenvalue weighted by atomic mass is 32.1. The molecule has 1 heterocycles. The van der Waals surface area contributed by atoms with E-state index in [9.17, 15) is 0 Å². The quantitative estimate of drug-likeness (QED) is 0.143. The van der Waals surface area contributed by atoms with Crippen LogP contribution in [0.2, 0.25) is 0 Å². The van der Waals surface area contributed by atoms with Crippen LogP contribution in [-0.4, -0.2) is 0 Å². The van der Waals surface area contributed by atoms with Gasteiger partial charge in [0.25, 0.3) is 0 Å². The molecule has 0 atom stereocenters. The topological polar surface area (TPSA) is 0 Å². The number of fused-ring (bicyclic) bond motifs is 3. The summed E-state index contributed by atoms with van der Waals surface area (Å²) in [6, 6.07) is 85.6. The van der Waals surface area contributed by atoms with E-state index in [-0.39, 0.29) is 10.8 Å². The monoisotopic (exact) mass is 904 g/mol. The molecule has 11 aromatic rings. The third kappa shape index (κ3) is 8.65. The maximum atomic E-state index is 2.50. The van der Waals surface area contributed by atoms with Crippen molar-refractivity contribution in [2.75, 3.05) is 0 Å². The molecule has 1 aromatic heterocycles. The van der Waals surface area contributed by atoms with Crippen LogP contribution in [0.5, 0.6) is 0 Å². The Morgan fingerprint density at radius 2 is 0.493 bits per heavy atom. The molecule has 10 aromatic carbocycles. The second-order valence-electron chi connectivity index (χ2n) is 20.6. The summed E-state index contributed by atoms with van der Waals surface area (Å²) >= 11 is 1.95. The lowest BCUT2D eigenvalue weighted by Gasteiger charge is -2.23. The molecule has 0 saturated heterocycles. The third-order valence-electron chi connectivity index (χ3n) is 13.8. The minimum Gasteiger partial charge on any atom is -0.134 e. The Morgan fingerprint density at radius 3 is 0.783 bits per heavy atom. The number of benzene rings is 10. The summed E-state index contributed by atoms with van der Waals surface area (Å²) < 4.78 is 2.63. The minimum absolute atomic E-state index is 0.0862. The van der Waals surface area contributed by atoms with Gasteiger partial charge < -0.3 is 0 Å². The van der Waals surface area contributed by atoms with E-state index in [0.717, 1.165) is 0 Å². The van der Waals surface area contributed by atoms with Gasteiger partial charge in [-0.2, -0.15) is 0 Å². The molecule has 0 radical (unpaired) electrons. The highest BCUT2D eigenvalue weighted by molar-refractivity contribution is 7.27. The van der Waals surface area contributed by atoms with Crippen LogP contribution in [0.4, 0.5) is 0 Å². The summed E-state index contributed by atoms with van der Waals surface area (Å²) in [5.74, 6) is 0. The summed E-state index contributed by atoms with van der Waals surface area (Å²) in [6.45, 7) is 14.1. The van der Waals surface area contributed by atoms with E-state index in [1.54, 1.807) is 0 Å². The maximum absolute atomic E-state index is 2.50. The summed E-state index contributed by atoms with van der Waals surface area (Å²) in [6.07, 6.45) is 0. The third-order valence-corrected chi connectivity index (χ3v) is 15.0. The van der Waals surface area contributed by atoms with Crippen molar-refractivity contribution in [3.05, 3.63) is 242 Å². The maximum Gasteiger partial charge on any atom is 0.0434 e. The van der Waals surface area contributed by atoms with Gasteiger partial charge in [0.15, 0.2) is 0 Å². The van der Waals surface area contributed by atoms with Gasteiger partial charge in [0.1, 0.15) is 0 Å². The molecule has 0 fully saturated rings. The van der Waals surface area contributed by atoms with E-state index < -0.39 is 0 Å². The van der Waals surface area contributed by atoms with E-state index in [1.807, 2.05) is 11.3 Å². The van der Waals surface area contributed by atoms with Crippen molar-refractivity contribution in [3.8, 4) is 89.0 Å². The first-order valence-electron chi connectivity index (χ1n) is 24.2. The molecule has 0 spiro atoms. The van der Waals surface area contributed by atoms with Crippen molar-refractivity contribution >= 4 is 31.5 Å². The van der Waals surface area contributed by atoms with Crippen LogP contribution in [0.25, 0.3) is 109 Å². The van der Waals surface area contributed by atoms with Gasteiger partial charge >= 0.3 is 0 Å². The predicted molar refractivity (Wildman–Crippen MR) is 300 cm³/mol. The standard InChI is InChI=1S/C68H56S/c1-67(2,3)55-41-61(59-33-21-19-31-57(59)53-37-49(45-23-11-7-12-24-45)35-50(38-53)46-25-13-8-14-26-46)65-63(43-55)64-44-56(68(4,5)6)42-62(66(64)69-65)60-34-22-20-32-58(60)54-39-51(47-27-15-9-16-28-47)36-52(40-54)48-29-17-10-18-30-48/h7-44H,1-6H3. The highest BCUT2D eigenvalue weighted by Crippen LogP contribution is 2.50. The molecule has 0 aliphatic carbocycles. The van der Waals surface area contributed by atoms with Crippen LogP contribution in [0.1, 0.15) is 52.7 Å². The normalized spacial score (nSPS) is 11.9. The molecule has 0 N–H and O–H groups in total. The Morgan fingerprint density at radius 1 is 0.232 bits per heavy atom. The van der Waals surface area contributed by atoms with E-state index in [2.05, 4.69) is 272 Å². The molecular formula is C68H56S. The molecule has 0 nitrogen and oxygen atoms in total. The Kier molecular flexibility index (Phi) is 11.4. The number of hydrogen-bond donors (Lipinski definition) is 0. The van der Waals surface area contributed by atoms with Crippen molar-refractivity contribution in [3.63, 3.8) is 0 Å². The van der Waals surface area contributed by atoms with Gasteiger partial charge in [0.2, 0.25) is 0 Å². The molecular weight excluding hydrogens is 849 g/mol. The fourth-order valence-corrected chi connectivity index (χ4v) is 11.3. The van der Waals surface area contributed by atoms with Crippen molar-refractivity contribution < 1.29 is 0 Å². The van der Waals surface area contributed by atoms with Gasteiger partial charge in [-0.25, -0.2) is 0 Å². The number of hydrogen-bond acceptors (Lipinski definition) is 1. The van der Waals surface area contributed by atoms with Crippen molar-refractivity contribution in [1.82, 2.24) is 0 Å². The Hall–Kier alpha value is -7.58. The zero-order valence-corrected chi connectivity index (χ0v) is 41.2. The largest absolute Gasteiger partial charge is 0.134 e. The molecule has 334 valence electrons. The number of rotatable bonds is 8. The molecule has 1 heteroatoms. The Labute approximate surface area is 412 Å². The lowest BCUT2D eigenvalue weighted by Crippen LogP contribution is -2.11. The SMILES string of the molecule is CC(C)(C)c1cc(-c2ccccc2-c2cc(-c3ccccc3)cc(-c3ccccc3)c2)c2sc3c(-c4ccccc4-c4cc(-c5ccccc5)cc(-c5ccccc5)c4)cc(C(C)(C)C)cc3c2c1. The van der Waals surface area contributed by atoms with Gasteiger partial charge in [-0.05, 0) is 161 Å². The van der Waals surface area contributed by atoms with Crippen molar-refractivity contribution in [1.29, 1.82) is 0 Å². The van der Waals surface area contributed by atoms with Crippen LogP contribution in [-0.2, 0) is 10.8 Å². The van der Waals surface area contributed by atoms with Crippen molar-refractivity contribution in [2.24, 2.45) is 0 Å². The lowest BCUT2D eigenvalue weighted by molar-refractivity contribution is 0.590. The van der Waals surface area contributed by atoms with Gasteiger partial charge in [-0.15, -0.1) is 11.3 Å². The van der Waals surface area contributed by atoms with Crippen LogP contribution >= 0.6 is 11.3 Å². The first-order valence-corrected chi connectivity index (χ1v) is 25.0. The highest BCUT2D eigenvalue weighted by Gasteiger charge is 2.26. The van der Waals surface area contributed by atoms with Crippen LogP contribution < -0.4 is 0 Å². The minimum atomic E-state index is -0.0862. The molecule has 69 heavy (non-hydrogen) atoms. The van der Waals surface area contributed by atoms with Crippen molar-refractivity contribution in [2.45, 2.75) is 52.4 Å². The van der Waals surface area contributed by atoms with Gasteiger partial charge in [-0.3, -0.25) is 0 Å². The first-order chi connectivity index (χ1) is 33.5. The van der Waals surface area contributed by atoms with E-state index >= 15 is 0 Å². The Balaban J connectivity index is 1.17. The summed E-state index contributed by atoms with van der Waals surface area (Å²) in [5, 5.41) is 2.63. The smallest absolute Gasteiger partial charge is 0.0434 e. The molecule has 0 unspecified atom stereocenters. The zero-order chi connectivity index (χ0) is 47.3. The summed E-state index contributed by atoms with van der Waals surface area (Å²) in [4.78, 5) is 0. The van der Waals surface area contributed by atoms with E-state index in [4.69, 9.17) is 0 Å². The van der Waals surface area contributed by atoms with E-state index in [0.29, 0.717) is 0 Å². The summed E-state index contributed by atoms with van der Waals surface area (Å²) in [7, 11) is 0. The van der Waals surface area contributed by atoms with Crippen LogP contribution in [0.3, 0.4) is 0 Å². The molecule has 11 rings (SSSR count). The Bertz CT molecular complexity index is 3280. The average molecular weight is 905 g/mol. The second kappa shape index (κ2) is 17.8. The second-order valence-corrected chi connectivity index (χ2v) is 21.6. The van der Waals surface area contributed by atoms with Gasteiger partial charge in [-0.1, -0.05) is 211 Å². The molecule has 0 bridgehead atoms. The predicted octanol–water partition coefficient (Wildman–Crippen LogP) is 20.0. The van der Waals surface area contributed by atoms with Gasteiger partial charge in [0.05, 0.1) is 0 Å². The van der Waals surface area contributed by atoms with Crippen LogP contribution in [0, 0.1) is 0 Å². The van der Waals surface area contributed by atoms with E-state index in [1.165, 1.54) is 120 Å². The summed E-state index contributed by atoms with van der Waals surface area (Å²) in [5.41, 5.74) is 22.1. The average Bonchev–Trinajstić information content (AvgIpc) is 3.77. The molecule has 0 amide bonds. The lowest BCUT2D eigenvalue weighted by atomic mass is 9.81. The zero-order valence-electron chi connectivity index (χ0n) is 40.3. The molecule has 0 aliphatic rings. The van der Waals surface area contributed by atoms with Crippen LogP contribution in [0.15, 0.2) is 231 Å². The molecule has 0 aliphatic heterocycles. The molecule has 0 saturated carbocycles.